The third kappa shape index (κ3) is 7.45. The Morgan fingerprint density at radius 3 is 1.71 bits per heavy atom. The summed E-state index contributed by atoms with van der Waals surface area (Å²) in [6, 6.07) is 24.0. The number of benzene rings is 3. The van der Waals surface area contributed by atoms with Crippen molar-refractivity contribution in [2.45, 2.75) is 27.1 Å². The van der Waals surface area contributed by atoms with E-state index < -0.39 is 6.29 Å². The van der Waals surface area contributed by atoms with Gasteiger partial charge in [0.25, 0.3) is 0 Å². The second kappa shape index (κ2) is 13.3. The number of aliphatic hydroxyl groups is 1. The number of aliphatic hydroxyl groups excluding tert-OH is 1. The fraction of sp³-hybridized carbons (Fsp3) is 0.300. The van der Waals surface area contributed by atoms with Gasteiger partial charge in [0.05, 0.1) is 13.2 Å². The maximum Gasteiger partial charge on any atom is 0.187 e. The summed E-state index contributed by atoms with van der Waals surface area (Å²) >= 11 is 0. The molecule has 0 aromatic heterocycles. The minimum atomic E-state index is -0.998. The molecule has 1 atom stereocenters. The van der Waals surface area contributed by atoms with Crippen molar-refractivity contribution in [3.05, 3.63) is 101 Å². The normalized spacial score (nSPS) is 11.9. The molecule has 0 aliphatic rings. The Morgan fingerprint density at radius 2 is 1.26 bits per heavy atom. The van der Waals surface area contributed by atoms with Crippen molar-refractivity contribution in [3.63, 3.8) is 0 Å². The first-order valence-electron chi connectivity index (χ1n) is 12.2. The van der Waals surface area contributed by atoms with Crippen molar-refractivity contribution in [1.29, 1.82) is 0 Å². The molecule has 182 valence electrons. The number of hydrogen-bond acceptors (Lipinski definition) is 4. The smallest absolute Gasteiger partial charge is 0.187 e. The maximum absolute atomic E-state index is 10.3. The predicted octanol–water partition coefficient (Wildman–Crippen LogP) is 6.79. The molecule has 3 aromatic carbocycles. The molecule has 0 aliphatic heterocycles. The zero-order valence-corrected chi connectivity index (χ0v) is 20.9. The van der Waals surface area contributed by atoms with Crippen LogP contribution in [0.2, 0.25) is 0 Å². The van der Waals surface area contributed by atoms with Gasteiger partial charge in [0.2, 0.25) is 0 Å². The van der Waals surface area contributed by atoms with Gasteiger partial charge in [-0.05, 0) is 56.2 Å². The standard InChI is InChI=1S/C30H35N3O2/c1-5-32(6-2)28-18-10-24(11-19-28)8-9-25-12-20-29(21-13-25)33(7-3)22-23-35-30(34)26-14-16-27(31-4)17-15-26/h8-21,30,34H,5-7,22-23H2,1-3H3/b9-8+/t30-/m0/s1. The number of likely N-dealkylation sites (N-methyl/N-ethyl adjacent to an activating group) is 1. The lowest BCUT2D eigenvalue weighted by Crippen LogP contribution is -2.27. The third-order valence-corrected chi connectivity index (χ3v) is 6.07. The van der Waals surface area contributed by atoms with Crippen LogP contribution >= 0.6 is 0 Å². The van der Waals surface area contributed by atoms with Crippen molar-refractivity contribution in [1.82, 2.24) is 0 Å². The lowest BCUT2D eigenvalue weighted by molar-refractivity contribution is -0.0999. The van der Waals surface area contributed by atoms with Crippen molar-refractivity contribution in [2.75, 3.05) is 42.6 Å². The molecular formula is C30H35N3O2. The van der Waals surface area contributed by atoms with Crippen LogP contribution in [-0.4, -0.2) is 37.9 Å². The Kier molecular flexibility index (Phi) is 9.92. The van der Waals surface area contributed by atoms with E-state index in [2.05, 4.69) is 96.1 Å². The molecule has 35 heavy (non-hydrogen) atoms. The molecule has 0 bridgehead atoms. The second-order valence-electron chi connectivity index (χ2n) is 8.19. The van der Waals surface area contributed by atoms with E-state index in [-0.39, 0.29) is 0 Å². The van der Waals surface area contributed by atoms with E-state index in [1.54, 1.807) is 24.3 Å². The van der Waals surface area contributed by atoms with E-state index in [1.807, 2.05) is 0 Å². The van der Waals surface area contributed by atoms with Gasteiger partial charge in [-0.15, -0.1) is 0 Å². The Labute approximate surface area is 209 Å². The maximum atomic E-state index is 10.3. The molecule has 3 rings (SSSR count). The Morgan fingerprint density at radius 1 is 0.771 bits per heavy atom. The lowest BCUT2D eigenvalue weighted by atomic mass is 10.1. The van der Waals surface area contributed by atoms with Gasteiger partial charge in [-0.2, -0.15) is 0 Å². The minimum Gasteiger partial charge on any atom is -0.372 e. The summed E-state index contributed by atoms with van der Waals surface area (Å²) in [5, 5.41) is 10.3. The van der Waals surface area contributed by atoms with E-state index in [0.29, 0.717) is 24.4 Å². The predicted molar refractivity (Wildman–Crippen MR) is 147 cm³/mol. The number of ether oxygens (including phenoxy) is 1. The topological polar surface area (TPSA) is 40.3 Å². The zero-order chi connectivity index (χ0) is 25.0. The number of hydrogen-bond donors (Lipinski definition) is 1. The summed E-state index contributed by atoms with van der Waals surface area (Å²) < 4.78 is 5.63. The van der Waals surface area contributed by atoms with Crippen LogP contribution < -0.4 is 9.80 Å². The molecule has 0 heterocycles. The number of nitrogens with zero attached hydrogens (tertiary/aromatic N) is 3. The van der Waals surface area contributed by atoms with Crippen molar-refractivity contribution < 1.29 is 9.84 Å². The summed E-state index contributed by atoms with van der Waals surface area (Å²) in [5.74, 6) is 0. The SMILES string of the molecule is [C-]#[N+]c1ccc([C@@H](O)OCCN(CC)c2ccc(/C=C/c3ccc(N(CC)CC)cc3)cc2)cc1. The molecule has 0 radical (unpaired) electrons. The first-order valence-corrected chi connectivity index (χ1v) is 12.2. The van der Waals surface area contributed by atoms with Gasteiger partial charge in [-0.3, -0.25) is 0 Å². The molecule has 1 N–H and O–H groups in total. The fourth-order valence-corrected chi connectivity index (χ4v) is 3.93. The summed E-state index contributed by atoms with van der Waals surface area (Å²) in [5.41, 5.74) is 5.90. The molecule has 3 aromatic rings. The summed E-state index contributed by atoms with van der Waals surface area (Å²) in [7, 11) is 0. The van der Waals surface area contributed by atoms with Gasteiger partial charge in [0.15, 0.2) is 12.0 Å². The van der Waals surface area contributed by atoms with Crippen LogP contribution in [0.25, 0.3) is 17.0 Å². The van der Waals surface area contributed by atoms with Crippen LogP contribution in [0, 0.1) is 6.57 Å². The molecule has 0 saturated heterocycles. The molecular weight excluding hydrogens is 434 g/mol. The molecule has 0 fully saturated rings. The summed E-state index contributed by atoms with van der Waals surface area (Å²) in [4.78, 5) is 7.92. The van der Waals surface area contributed by atoms with Crippen molar-refractivity contribution in [3.8, 4) is 0 Å². The van der Waals surface area contributed by atoms with Crippen LogP contribution in [0.4, 0.5) is 17.1 Å². The number of rotatable bonds is 12. The largest absolute Gasteiger partial charge is 0.372 e. The van der Waals surface area contributed by atoms with E-state index in [9.17, 15) is 5.11 Å². The Hall–Kier alpha value is -3.59. The van der Waals surface area contributed by atoms with Gasteiger partial charge >= 0.3 is 0 Å². The first kappa shape index (κ1) is 26.0. The first-order chi connectivity index (χ1) is 17.1. The highest BCUT2D eigenvalue weighted by molar-refractivity contribution is 5.71. The van der Waals surface area contributed by atoms with Gasteiger partial charge in [0, 0.05) is 43.1 Å². The van der Waals surface area contributed by atoms with Crippen LogP contribution in [0.15, 0.2) is 72.8 Å². The van der Waals surface area contributed by atoms with E-state index in [0.717, 1.165) is 30.9 Å². The summed E-state index contributed by atoms with van der Waals surface area (Å²) in [6.07, 6.45) is 3.27. The van der Waals surface area contributed by atoms with Crippen LogP contribution in [-0.2, 0) is 4.74 Å². The van der Waals surface area contributed by atoms with Gasteiger partial charge in [-0.25, -0.2) is 4.85 Å². The quantitative estimate of drug-likeness (QED) is 0.180. The second-order valence-corrected chi connectivity index (χ2v) is 8.19. The minimum absolute atomic E-state index is 0.394. The van der Waals surface area contributed by atoms with Crippen LogP contribution in [0.1, 0.15) is 43.8 Å². The van der Waals surface area contributed by atoms with Gasteiger partial charge < -0.3 is 19.6 Å². The highest BCUT2D eigenvalue weighted by atomic mass is 16.6. The number of anilines is 2. The van der Waals surface area contributed by atoms with E-state index in [1.165, 1.54) is 11.3 Å². The third-order valence-electron chi connectivity index (χ3n) is 6.07. The van der Waals surface area contributed by atoms with Crippen molar-refractivity contribution in [2.24, 2.45) is 0 Å². The van der Waals surface area contributed by atoms with Crippen LogP contribution in [0.5, 0.6) is 0 Å². The van der Waals surface area contributed by atoms with E-state index >= 15 is 0 Å². The Bertz CT molecular complexity index is 1100. The summed E-state index contributed by atoms with van der Waals surface area (Å²) in [6.45, 7) is 17.4. The van der Waals surface area contributed by atoms with Gasteiger partial charge in [-0.1, -0.05) is 60.7 Å². The monoisotopic (exact) mass is 469 g/mol. The molecule has 0 saturated carbocycles. The molecule has 0 unspecified atom stereocenters. The average molecular weight is 470 g/mol. The Balaban J connectivity index is 1.53. The average Bonchev–Trinajstić information content (AvgIpc) is 2.91. The molecule has 0 aliphatic carbocycles. The zero-order valence-electron chi connectivity index (χ0n) is 20.9. The van der Waals surface area contributed by atoms with Gasteiger partial charge in [0.1, 0.15) is 0 Å². The van der Waals surface area contributed by atoms with Crippen LogP contribution in [0.3, 0.4) is 0 Å². The highest BCUT2D eigenvalue weighted by Gasteiger charge is 2.10. The molecule has 5 nitrogen and oxygen atoms in total. The molecule has 0 amide bonds. The lowest BCUT2D eigenvalue weighted by Gasteiger charge is -2.24. The molecule has 0 spiro atoms. The van der Waals surface area contributed by atoms with Crippen molar-refractivity contribution >= 4 is 29.2 Å². The molecule has 5 heteroatoms. The fourth-order valence-electron chi connectivity index (χ4n) is 3.93. The highest BCUT2D eigenvalue weighted by Crippen LogP contribution is 2.21. The van der Waals surface area contributed by atoms with E-state index in [4.69, 9.17) is 11.3 Å².